The largest absolute Gasteiger partial charge is 0.508 e. The van der Waals surface area contributed by atoms with Gasteiger partial charge in [-0.25, -0.2) is 0 Å². The SMILES string of the molecule is Cl.N=C(c1ccc(O)cc1)N1CCCC1. The van der Waals surface area contributed by atoms with Crippen molar-refractivity contribution in [3.8, 4) is 5.75 Å². The molecule has 1 aromatic rings. The van der Waals surface area contributed by atoms with Gasteiger partial charge in [-0.1, -0.05) is 0 Å². The van der Waals surface area contributed by atoms with E-state index in [-0.39, 0.29) is 18.2 Å². The molecule has 0 unspecified atom stereocenters. The number of phenols is 1. The quantitative estimate of drug-likeness (QED) is 0.570. The minimum Gasteiger partial charge on any atom is -0.508 e. The van der Waals surface area contributed by atoms with Crippen LogP contribution in [0.15, 0.2) is 24.3 Å². The lowest BCUT2D eigenvalue weighted by Crippen LogP contribution is -2.27. The molecule has 0 saturated carbocycles. The fourth-order valence-corrected chi connectivity index (χ4v) is 1.74. The maximum Gasteiger partial charge on any atom is 0.128 e. The fraction of sp³-hybridized carbons (Fsp3) is 0.364. The Morgan fingerprint density at radius 2 is 1.67 bits per heavy atom. The first-order valence-electron chi connectivity index (χ1n) is 4.90. The molecule has 0 aliphatic carbocycles. The summed E-state index contributed by atoms with van der Waals surface area (Å²) in [6, 6.07) is 6.83. The van der Waals surface area contributed by atoms with Gasteiger partial charge in [0.2, 0.25) is 0 Å². The molecule has 0 spiro atoms. The zero-order chi connectivity index (χ0) is 9.97. The topological polar surface area (TPSA) is 47.3 Å². The number of rotatable bonds is 1. The molecule has 1 aliphatic heterocycles. The van der Waals surface area contributed by atoms with Gasteiger partial charge in [0.1, 0.15) is 11.6 Å². The van der Waals surface area contributed by atoms with Crippen LogP contribution in [0, 0.1) is 5.41 Å². The normalized spacial score (nSPS) is 14.8. The third-order valence-corrected chi connectivity index (χ3v) is 2.56. The van der Waals surface area contributed by atoms with E-state index in [1.165, 1.54) is 12.8 Å². The molecule has 2 N–H and O–H groups in total. The van der Waals surface area contributed by atoms with Crippen molar-refractivity contribution in [3.63, 3.8) is 0 Å². The first-order valence-corrected chi connectivity index (χ1v) is 4.90. The lowest BCUT2D eigenvalue weighted by Gasteiger charge is -2.18. The molecule has 0 amide bonds. The Hall–Kier alpha value is -1.22. The number of aromatic hydroxyl groups is 1. The molecule has 0 bridgehead atoms. The van der Waals surface area contributed by atoms with E-state index in [1.807, 2.05) is 0 Å². The van der Waals surface area contributed by atoms with Gasteiger partial charge in [0.05, 0.1) is 0 Å². The number of hydrogen-bond donors (Lipinski definition) is 2. The number of phenolic OH excluding ortho intramolecular Hbond substituents is 1. The van der Waals surface area contributed by atoms with E-state index in [2.05, 4.69) is 4.90 Å². The summed E-state index contributed by atoms with van der Waals surface area (Å²) in [5, 5.41) is 17.1. The van der Waals surface area contributed by atoms with E-state index >= 15 is 0 Å². The highest BCUT2D eigenvalue weighted by Gasteiger charge is 2.15. The second kappa shape index (κ2) is 5.03. The summed E-state index contributed by atoms with van der Waals surface area (Å²) >= 11 is 0. The van der Waals surface area contributed by atoms with Crippen LogP contribution in [0.5, 0.6) is 5.75 Å². The Morgan fingerprint density at radius 1 is 1.13 bits per heavy atom. The van der Waals surface area contributed by atoms with Gasteiger partial charge in [-0.15, -0.1) is 12.4 Å². The predicted molar refractivity (Wildman–Crippen MR) is 63.0 cm³/mol. The van der Waals surface area contributed by atoms with Gasteiger partial charge in [-0.2, -0.15) is 0 Å². The maximum absolute atomic E-state index is 9.12. The van der Waals surface area contributed by atoms with Gasteiger partial charge < -0.3 is 10.0 Å². The van der Waals surface area contributed by atoms with Crippen molar-refractivity contribution in [3.05, 3.63) is 29.8 Å². The summed E-state index contributed by atoms with van der Waals surface area (Å²) in [7, 11) is 0. The van der Waals surface area contributed by atoms with Crippen molar-refractivity contribution in [2.45, 2.75) is 12.8 Å². The number of benzene rings is 1. The Morgan fingerprint density at radius 3 is 2.20 bits per heavy atom. The second-order valence-electron chi connectivity index (χ2n) is 3.59. The van der Waals surface area contributed by atoms with E-state index in [0.717, 1.165) is 18.7 Å². The van der Waals surface area contributed by atoms with Crippen LogP contribution in [0.2, 0.25) is 0 Å². The molecule has 15 heavy (non-hydrogen) atoms. The predicted octanol–water partition coefficient (Wildman–Crippen LogP) is 2.24. The molecule has 2 rings (SSSR count). The smallest absolute Gasteiger partial charge is 0.128 e. The van der Waals surface area contributed by atoms with Gasteiger partial charge in [-0.05, 0) is 37.1 Å². The van der Waals surface area contributed by atoms with Gasteiger partial charge in [-0.3, -0.25) is 5.41 Å². The average molecular weight is 227 g/mol. The fourth-order valence-electron chi connectivity index (χ4n) is 1.74. The summed E-state index contributed by atoms with van der Waals surface area (Å²) in [5.74, 6) is 0.825. The second-order valence-corrected chi connectivity index (χ2v) is 3.59. The number of hydrogen-bond acceptors (Lipinski definition) is 2. The van der Waals surface area contributed by atoms with Crippen molar-refractivity contribution < 1.29 is 5.11 Å². The molecule has 1 fully saturated rings. The standard InChI is InChI=1S/C11H14N2O.ClH/c12-11(13-7-1-2-8-13)9-3-5-10(14)6-4-9;/h3-6,12,14H,1-2,7-8H2;1H. The van der Waals surface area contributed by atoms with E-state index in [4.69, 9.17) is 10.5 Å². The van der Waals surface area contributed by atoms with E-state index in [1.54, 1.807) is 24.3 Å². The Balaban J connectivity index is 0.00000112. The first kappa shape index (κ1) is 11.9. The molecule has 0 aromatic heterocycles. The highest BCUT2D eigenvalue weighted by atomic mass is 35.5. The number of nitrogens with one attached hydrogen (secondary N) is 1. The molecule has 4 heteroatoms. The van der Waals surface area contributed by atoms with Gasteiger partial charge in [0.25, 0.3) is 0 Å². The Labute approximate surface area is 95.6 Å². The highest BCUT2D eigenvalue weighted by molar-refractivity contribution is 5.96. The minimum absolute atomic E-state index is 0. The van der Waals surface area contributed by atoms with E-state index in [0.29, 0.717) is 5.84 Å². The van der Waals surface area contributed by atoms with Crippen LogP contribution in [0.3, 0.4) is 0 Å². The maximum atomic E-state index is 9.12. The number of nitrogens with zero attached hydrogens (tertiary/aromatic N) is 1. The minimum atomic E-state index is 0. The molecule has 1 aliphatic rings. The van der Waals surface area contributed by atoms with Gasteiger partial charge in [0, 0.05) is 18.7 Å². The molecule has 0 radical (unpaired) electrons. The molecule has 0 atom stereocenters. The zero-order valence-electron chi connectivity index (χ0n) is 8.44. The van der Waals surface area contributed by atoms with Gasteiger partial charge in [0.15, 0.2) is 0 Å². The number of halogens is 1. The highest BCUT2D eigenvalue weighted by Crippen LogP contribution is 2.15. The molecule has 1 saturated heterocycles. The summed E-state index contributed by atoms with van der Waals surface area (Å²) in [4.78, 5) is 2.08. The summed E-state index contributed by atoms with van der Waals surface area (Å²) in [6.45, 7) is 1.97. The summed E-state index contributed by atoms with van der Waals surface area (Å²) < 4.78 is 0. The van der Waals surface area contributed by atoms with Crippen molar-refractivity contribution in [1.29, 1.82) is 5.41 Å². The molecular formula is C11H15ClN2O. The number of likely N-dealkylation sites (tertiary alicyclic amines) is 1. The third kappa shape index (κ3) is 2.63. The van der Waals surface area contributed by atoms with Crippen molar-refractivity contribution in [2.75, 3.05) is 13.1 Å². The van der Waals surface area contributed by atoms with Crippen LogP contribution in [-0.4, -0.2) is 28.9 Å². The van der Waals surface area contributed by atoms with Crippen molar-refractivity contribution in [1.82, 2.24) is 4.90 Å². The third-order valence-electron chi connectivity index (χ3n) is 2.56. The lowest BCUT2D eigenvalue weighted by molar-refractivity contribution is 0.475. The van der Waals surface area contributed by atoms with E-state index in [9.17, 15) is 0 Å². The molecular weight excluding hydrogens is 212 g/mol. The molecule has 1 heterocycles. The van der Waals surface area contributed by atoms with Crippen LogP contribution in [0.25, 0.3) is 0 Å². The van der Waals surface area contributed by atoms with Crippen LogP contribution < -0.4 is 0 Å². The Bertz CT molecular complexity index is 331. The molecule has 82 valence electrons. The first-order chi connectivity index (χ1) is 6.77. The van der Waals surface area contributed by atoms with Crippen LogP contribution in [0.1, 0.15) is 18.4 Å². The molecule has 3 nitrogen and oxygen atoms in total. The van der Waals surface area contributed by atoms with Crippen LogP contribution in [-0.2, 0) is 0 Å². The summed E-state index contributed by atoms with van der Waals surface area (Å²) in [5.41, 5.74) is 0.879. The monoisotopic (exact) mass is 226 g/mol. The van der Waals surface area contributed by atoms with Crippen molar-refractivity contribution >= 4 is 18.2 Å². The van der Waals surface area contributed by atoms with Crippen LogP contribution >= 0.6 is 12.4 Å². The summed E-state index contributed by atoms with van der Waals surface area (Å²) in [6.07, 6.45) is 2.36. The average Bonchev–Trinajstić information content (AvgIpc) is 2.71. The number of amidine groups is 1. The zero-order valence-corrected chi connectivity index (χ0v) is 9.26. The van der Waals surface area contributed by atoms with Crippen LogP contribution in [0.4, 0.5) is 0 Å². The lowest BCUT2D eigenvalue weighted by atomic mass is 10.2. The Kier molecular flexibility index (Phi) is 3.97. The van der Waals surface area contributed by atoms with E-state index < -0.39 is 0 Å². The van der Waals surface area contributed by atoms with Gasteiger partial charge >= 0.3 is 0 Å². The molecule has 1 aromatic carbocycles. The van der Waals surface area contributed by atoms with Crippen molar-refractivity contribution in [2.24, 2.45) is 0 Å².